The van der Waals surface area contributed by atoms with Gasteiger partial charge in [-0.3, -0.25) is 19.2 Å². The first-order valence-electron chi connectivity index (χ1n) is 10.4. The van der Waals surface area contributed by atoms with Crippen LogP contribution in [0, 0.1) is 13.8 Å². The molecule has 1 saturated heterocycles. The molecular weight excluding hydrogens is 378 g/mol. The van der Waals surface area contributed by atoms with Crippen LogP contribution in [-0.4, -0.2) is 27.5 Å². The average molecular weight is 405 g/mol. The Kier molecular flexibility index (Phi) is 5.86. The van der Waals surface area contributed by atoms with E-state index in [9.17, 15) is 9.59 Å². The zero-order chi connectivity index (χ0) is 21.1. The van der Waals surface area contributed by atoms with Crippen LogP contribution in [0.2, 0.25) is 0 Å². The first kappa shape index (κ1) is 20.2. The van der Waals surface area contributed by atoms with Gasteiger partial charge in [-0.05, 0) is 56.5 Å². The highest BCUT2D eigenvalue weighted by atomic mass is 16.5. The Balaban J connectivity index is 1.37. The van der Waals surface area contributed by atoms with Crippen LogP contribution >= 0.6 is 0 Å². The lowest BCUT2D eigenvalue weighted by Crippen LogP contribution is -2.39. The Labute approximate surface area is 175 Å². The van der Waals surface area contributed by atoms with Crippen LogP contribution in [0.5, 0.6) is 11.5 Å². The molecule has 1 N–H and O–H groups in total. The maximum absolute atomic E-state index is 12.2. The molecule has 4 rings (SSSR count). The van der Waals surface area contributed by atoms with E-state index in [2.05, 4.69) is 28.9 Å². The largest absolute Gasteiger partial charge is 0.457 e. The lowest BCUT2D eigenvalue weighted by atomic mass is 10.0. The molecule has 1 aromatic heterocycles. The summed E-state index contributed by atoms with van der Waals surface area (Å²) in [6, 6.07) is 16.4. The van der Waals surface area contributed by atoms with Crippen LogP contribution in [0.25, 0.3) is 0 Å². The Hall–Kier alpha value is -3.12. The van der Waals surface area contributed by atoms with Crippen molar-refractivity contribution in [1.82, 2.24) is 14.5 Å². The molecule has 0 amide bonds. The second-order valence-electron chi connectivity index (χ2n) is 8.05. The third-order valence-electron chi connectivity index (χ3n) is 5.66. The van der Waals surface area contributed by atoms with E-state index in [1.807, 2.05) is 36.4 Å². The molecular formula is C24H27N3O3. The normalized spacial score (nSPS) is 15.3. The van der Waals surface area contributed by atoms with Crippen molar-refractivity contribution >= 4 is 0 Å². The van der Waals surface area contributed by atoms with Crippen LogP contribution in [0.4, 0.5) is 0 Å². The molecule has 0 unspecified atom stereocenters. The Bertz CT molecular complexity index is 1120. The second kappa shape index (κ2) is 8.71. The van der Waals surface area contributed by atoms with Gasteiger partial charge in [0.15, 0.2) is 0 Å². The summed E-state index contributed by atoms with van der Waals surface area (Å²) in [4.78, 5) is 28.6. The van der Waals surface area contributed by atoms with Gasteiger partial charge in [-0.1, -0.05) is 29.8 Å². The van der Waals surface area contributed by atoms with Gasteiger partial charge in [0.05, 0.1) is 0 Å². The zero-order valence-corrected chi connectivity index (χ0v) is 17.4. The van der Waals surface area contributed by atoms with E-state index in [1.165, 1.54) is 11.1 Å². The molecule has 2 heterocycles. The summed E-state index contributed by atoms with van der Waals surface area (Å²) >= 11 is 0. The van der Waals surface area contributed by atoms with Crippen LogP contribution in [0.3, 0.4) is 0 Å². The Morgan fingerprint density at radius 2 is 1.73 bits per heavy atom. The molecule has 0 saturated carbocycles. The highest BCUT2D eigenvalue weighted by Crippen LogP contribution is 2.25. The van der Waals surface area contributed by atoms with E-state index >= 15 is 0 Å². The summed E-state index contributed by atoms with van der Waals surface area (Å²) in [6.07, 6.45) is 3.45. The number of piperidine rings is 1. The number of nitrogens with one attached hydrogen (secondary N) is 1. The highest BCUT2D eigenvalue weighted by molar-refractivity contribution is 5.35. The van der Waals surface area contributed by atoms with E-state index in [0.29, 0.717) is 5.56 Å². The number of hydrogen-bond donors (Lipinski definition) is 1. The van der Waals surface area contributed by atoms with Gasteiger partial charge in [0.2, 0.25) is 0 Å². The van der Waals surface area contributed by atoms with E-state index in [4.69, 9.17) is 4.74 Å². The number of likely N-dealkylation sites (tertiary alicyclic amines) is 1. The maximum atomic E-state index is 12.2. The SMILES string of the molecule is Cc1ccc(Oc2cccc(CN3CCC(n4cc(C)c(=O)[nH]c4=O)CC3)c2)cc1. The standard InChI is InChI=1S/C24H27N3O3/c1-17-6-8-21(9-7-17)30-22-5-3-4-19(14-22)16-26-12-10-20(11-13-26)27-15-18(2)23(28)25-24(27)29/h3-9,14-15,20H,10-13,16H2,1-2H3,(H,25,28,29). The molecule has 0 radical (unpaired) electrons. The van der Waals surface area contributed by atoms with Gasteiger partial charge in [-0.25, -0.2) is 4.79 Å². The van der Waals surface area contributed by atoms with Crippen molar-refractivity contribution < 1.29 is 4.74 Å². The molecule has 0 atom stereocenters. The van der Waals surface area contributed by atoms with Crippen molar-refractivity contribution in [1.29, 1.82) is 0 Å². The van der Waals surface area contributed by atoms with E-state index in [1.54, 1.807) is 17.7 Å². The number of ether oxygens (including phenoxy) is 1. The number of aryl methyl sites for hydroxylation is 2. The molecule has 30 heavy (non-hydrogen) atoms. The summed E-state index contributed by atoms with van der Waals surface area (Å²) < 4.78 is 7.67. The average Bonchev–Trinajstić information content (AvgIpc) is 2.73. The minimum atomic E-state index is -0.315. The maximum Gasteiger partial charge on any atom is 0.328 e. The minimum absolute atomic E-state index is 0.125. The number of aromatic nitrogens is 2. The molecule has 1 aliphatic heterocycles. The fourth-order valence-electron chi connectivity index (χ4n) is 3.92. The first-order chi connectivity index (χ1) is 14.5. The number of H-pyrrole nitrogens is 1. The molecule has 0 aliphatic carbocycles. The van der Waals surface area contributed by atoms with Crippen molar-refractivity contribution in [2.75, 3.05) is 13.1 Å². The van der Waals surface area contributed by atoms with Crippen LogP contribution in [0.1, 0.15) is 35.6 Å². The predicted octanol–water partition coefficient (Wildman–Crippen LogP) is 3.78. The molecule has 0 spiro atoms. The van der Waals surface area contributed by atoms with E-state index < -0.39 is 0 Å². The second-order valence-corrected chi connectivity index (χ2v) is 8.05. The number of hydrogen-bond acceptors (Lipinski definition) is 4. The number of nitrogens with zero attached hydrogens (tertiary/aromatic N) is 2. The van der Waals surface area contributed by atoms with E-state index in [0.717, 1.165) is 44.0 Å². The number of rotatable bonds is 5. The molecule has 156 valence electrons. The number of benzene rings is 2. The monoisotopic (exact) mass is 405 g/mol. The van der Waals surface area contributed by atoms with Crippen molar-refractivity contribution in [3.63, 3.8) is 0 Å². The van der Waals surface area contributed by atoms with Gasteiger partial charge in [-0.15, -0.1) is 0 Å². The zero-order valence-electron chi connectivity index (χ0n) is 17.4. The lowest BCUT2D eigenvalue weighted by molar-refractivity contribution is 0.177. The lowest BCUT2D eigenvalue weighted by Gasteiger charge is -2.32. The summed E-state index contributed by atoms with van der Waals surface area (Å²) in [5.74, 6) is 1.67. The third-order valence-corrected chi connectivity index (χ3v) is 5.66. The molecule has 6 heteroatoms. The Morgan fingerprint density at radius 1 is 1.00 bits per heavy atom. The molecule has 1 aliphatic rings. The molecule has 1 fully saturated rings. The minimum Gasteiger partial charge on any atom is -0.457 e. The van der Waals surface area contributed by atoms with Gasteiger partial charge >= 0.3 is 5.69 Å². The molecule has 3 aromatic rings. The van der Waals surface area contributed by atoms with E-state index in [-0.39, 0.29) is 17.3 Å². The van der Waals surface area contributed by atoms with Crippen molar-refractivity contribution in [2.24, 2.45) is 0 Å². The Morgan fingerprint density at radius 3 is 2.47 bits per heavy atom. The van der Waals surface area contributed by atoms with Crippen molar-refractivity contribution in [2.45, 2.75) is 39.3 Å². The topological polar surface area (TPSA) is 67.3 Å². The van der Waals surface area contributed by atoms with Crippen LogP contribution < -0.4 is 16.0 Å². The molecule has 0 bridgehead atoms. The summed E-state index contributed by atoms with van der Waals surface area (Å²) in [7, 11) is 0. The third kappa shape index (κ3) is 4.71. The summed E-state index contributed by atoms with van der Waals surface area (Å²) in [5, 5.41) is 0. The highest BCUT2D eigenvalue weighted by Gasteiger charge is 2.22. The van der Waals surface area contributed by atoms with Gasteiger partial charge in [-0.2, -0.15) is 0 Å². The fourth-order valence-corrected chi connectivity index (χ4v) is 3.92. The summed E-state index contributed by atoms with van der Waals surface area (Å²) in [6.45, 7) is 6.44. The van der Waals surface area contributed by atoms with Gasteiger partial charge < -0.3 is 4.74 Å². The van der Waals surface area contributed by atoms with Crippen molar-refractivity contribution in [3.05, 3.63) is 92.3 Å². The van der Waals surface area contributed by atoms with Gasteiger partial charge in [0, 0.05) is 37.4 Å². The van der Waals surface area contributed by atoms with Crippen molar-refractivity contribution in [3.8, 4) is 11.5 Å². The predicted molar refractivity (Wildman–Crippen MR) is 117 cm³/mol. The number of aromatic amines is 1. The first-order valence-corrected chi connectivity index (χ1v) is 10.4. The van der Waals surface area contributed by atoms with Crippen LogP contribution in [-0.2, 0) is 6.54 Å². The fraction of sp³-hybridized carbons (Fsp3) is 0.333. The quantitative estimate of drug-likeness (QED) is 0.701. The van der Waals surface area contributed by atoms with Crippen LogP contribution in [0.15, 0.2) is 64.3 Å². The molecule has 2 aromatic carbocycles. The smallest absolute Gasteiger partial charge is 0.328 e. The van der Waals surface area contributed by atoms with Gasteiger partial charge in [0.25, 0.3) is 5.56 Å². The molecule has 6 nitrogen and oxygen atoms in total. The van der Waals surface area contributed by atoms with Gasteiger partial charge in [0.1, 0.15) is 11.5 Å². The summed E-state index contributed by atoms with van der Waals surface area (Å²) in [5.41, 5.74) is 2.36.